The number of hydrogen-bond donors (Lipinski definition) is 3. The van der Waals surface area contributed by atoms with E-state index in [0.717, 1.165) is 24.8 Å². The van der Waals surface area contributed by atoms with Crippen molar-refractivity contribution in [3.63, 3.8) is 0 Å². The van der Waals surface area contributed by atoms with Crippen molar-refractivity contribution in [1.29, 1.82) is 0 Å². The monoisotopic (exact) mass is 314 g/mol. The number of allylic oxidation sites excluding steroid dienone is 1. The van der Waals surface area contributed by atoms with Crippen LogP contribution in [0.4, 0.5) is 0 Å². The molecule has 3 heteroatoms. The van der Waals surface area contributed by atoms with Gasteiger partial charge in [0.05, 0.1) is 11.7 Å². The van der Waals surface area contributed by atoms with Crippen LogP contribution in [-0.4, -0.2) is 27.0 Å². The number of aryl methyl sites for hydroxylation is 1. The van der Waals surface area contributed by atoms with Gasteiger partial charge in [0.2, 0.25) is 0 Å². The lowest BCUT2D eigenvalue weighted by molar-refractivity contribution is -0.137. The van der Waals surface area contributed by atoms with Gasteiger partial charge in [-0.15, -0.1) is 13.2 Å². The van der Waals surface area contributed by atoms with Crippen molar-refractivity contribution in [2.45, 2.75) is 55.6 Å². The predicted molar refractivity (Wildman–Crippen MR) is 91.4 cm³/mol. The Kier molecular flexibility index (Phi) is 4.11. The Bertz CT molecular complexity index is 623. The average molecular weight is 314 g/mol. The Morgan fingerprint density at radius 3 is 2.61 bits per heavy atom. The molecule has 0 amide bonds. The molecule has 0 saturated heterocycles. The van der Waals surface area contributed by atoms with Gasteiger partial charge in [0, 0.05) is 5.41 Å². The average Bonchev–Trinajstić information content (AvgIpc) is 2.49. The summed E-state index contributed by atoms with van der Waals surface area (Å²) in [6.45, 7) is 7.64. The van der Waals surface area contributed by atoms with Gasteiger partial charge < -0.3 is 15.3 Å². The van der Waals surface area contributed by atoms with Crippen LogP contribution in [0.5, 0.6) is 5.75 Å². The maximum atomic E-state index is 10.9. The molecule has 0 unspecified atom stereocenters. The van der Waals surface area contributed by atoms with Crippen molar-refractivity contribution in [1.82, 2.24) is 0 Å². The van der Waals surface area contributed by atoms with Gasteiger partial charge in [-0.05, 0) is 67.7 Å². The number of hydrogen-bond acceptors (Lipinski definition) is 3. The highest BCUT2D eigenvalue weighted by Crippen LogP contribution is 2.55. The highest BCUT2D eigenvalue weighted by Gasteiger charge is 2.54. The number of benzene rings is 1. The third-order valence-corrected chi connectivity index (χ3v) is 5.95. The molecule has 3 N–H and O–H groups in total. The second-order valence-corrected chi connectivity index (χ2v) is 7.25. The van der Waals surface area contributed by atoms with Crippen LogP contribution in [-0.2, 0) is 11.8 Å². The Labute approximate surface area is 138 Å². The second-order valence-electron chi connectivity index (χ2n) is 7.25. The van der Waals surface area contributed by atoms with Crippen LogP contribution in [0, 0.1) is 5.92 Å². The molecule has 3 rings (SSSR count). The molecule has 1 fully saturated rings. The maximum Gasteiger partial charge on any atom is 0.115 e. The molecule has 2 aliphatic carbocycles. The van der Waals surface area contributed by atoms with Crippen LogP contribution in [0.2, 0.25) is 0 Å². The summed E-state index contributed by atoms with van der Waals surface area (Å²) in [7, 11) is 0. The van der Waals surface area contributed by atoms with E-state index >= 15 is 0 Å². The fourth-order valence-electron chi connectivity index (χ4n) is 4.86. The van der Waals surface area contributed by atoms with Gasteiger partial charge in [0.15, 0.2) is 0 Å². The van der Waals surface area contributed by atoms with Crippen molar-refractivity contribution < 1.29 is 15.3 Å². The summed E-state index contributed by atoms with van der Waals surface area (Å²) in [4.78, 5) is 0. The Morgan fingerprint density at radius 2 is 1.91 bits per heavy atom. The van der Waals surface area contributed by atoms with E-state index in [0.29, 0.717) is 25.2 Å². The van der Waals surface area contributed by atoms with Gasteiger partial charge in [-0.3, -0.25) is 0 Å². The number of aromatic hydroxyl groups is 1. The van der Waals surface area contributed by atoms with E-state index < -0.39 is 11.7 Å². The van der Waals surface area contributed by atoms with Crippen molar-refractivity contribution in [2.24, 2.45) is 5.92 Å². The summed E-state index contributed by atoms with van der Waals surface area (Å²) in [5.41, 5.74) is 1.08. The molecule has 2 aliphatic rings. The van der Waals surface area contributed by atoms with Gasteiger partial charge in [-0.1, -0.05) is 18.2 Å². The largest absolute Gasteiger partial charge is 0.508 e. The Hall–Kier alpha value is -1.58. The molecule has 4 atom stereocenters. The number of fused-ring (bicyclic) bond motifs is 3. The van der Waals surface area contributed by atoms with Gasteiger partial charge in [-0.25, -0.2) is 0 Å². The van der Waals surface area contributed by atoms with E-state index in [1.165, 1.54) is 5.56 Å². The lowest BCUT2D eigenvalue weighted by Crippen LogP contribution is -2.57. The van der Waals surface area contributed by atoms with Gasteiger partial charge in [0.1, 0.15) is 5.75 Å². The van der Waals surface area contributed by atoms with Crippen LogP contribution in [0.3, 0.4) is 0 Å². The maximum absolute atomic E-state index is 10.9. The lowest BCUT2D eigenvalue weighted by Gasteiger charge is -2.55. The van der Waals surface area contributed by atoms with Crippen molar-refractivity contribution in [3.05, 3.63) is 54.6 Å². The normalized spacial score (nSPS) is 35.9. The molecule has 0 spiro atoms. The summed E-state index contributed by atoms with van der Waals surface area (Å²) in [6, 6.07) is 5.56. The highest BCUT2D eigenvalue weighted by molar-refractivity contribution is 5.44. The molecule has 23 heavy (non-hydrogen) atoms. The number of rotatable bonds is 4. The first kappa shape index (κ1) is 16.3. The minimum absolute atomic E-state index is 0.199. The zero-order chi connectivity index (χ0) is 16.7. The van der Waals surface area contributed by atoms with Gasteiger partial charge in [-0.2, -0.15) is 0 Å². The van der Waals surface area contributed by atoms with E-state index in [1.54, 1.807) is 12.1 Å². The number of aliphatic hydroxyl groups excluding tert-OH is 1. The number of phenols is 1. The SMILES string of the molecule is C=CC[C@]1(O)C[C@H]2CCc3cc(O)ccc3[C@]2(CC=C)C[C@@H]1O. The lowest BCUT2D eigenvalue weighted by atomic mass is 9.52. The highest BCUT2D eigenvalue weighted by atomic mass is 16.3. The molecule has 0 heterocycles. The number of phenolic OH excluding ortho intramolecular Hbond substituents is 1. The van der Waals surface area contributed by atoms with Crippen molar-refractivity contribution in [2.75, 3.05) is 0 Å². The Balaban J connectivity index is 2.06. The van der Waals surface area contributed by atoms with E-state index in [2.05, 4.69) is 13.2 Å². The first-order valence-corrected chi connectivity index (χ1v) is 8.40. The molecular formula is C20H26O3. The molecule has 124 valence electrons. The third kappa shape index (κ3) is 2.52. The van der Waals surface area contributed by atoms with Crippen molar-refractivity contribution in [3.8, 4) is 5.75 Å². The van der Waals surface area contributed by atoms with Crippen LogP contribution >= 0.6 is 0 Å². The molecular weight excluding hydrogens is 288 g/mol. The minimum atomic E-state index is -1.08. The molecule has 0 aromatic heterocycles. The smallest absolute Gasteiger partial charge is 0.115 e. The summed E-state index contributed by atoms with van der Waals surface area (Å²) >= 11 is 0. The topological polar surface area (TPSA) is 60.7 Å². The fraction of sp³-hybridized carbons (Fsp3) is 0.500. The van der Waals surface area contributed by atoms with Crippen LogP contribution in [0.1, 0.15) is 43.2 Å². The number of aliphatic hydroxyl groups is 2. The first-order chi connectivity index (χ1) is 10.9. The first-order valence-electron chi connectivity index (χ1n) is 8.40. The summed E-state index contributed by atoms with van der Waals surface area (Å²) in [5, 5.41) is 31.3. The Morgan fingerprint density at radius 1 is 1.17 bits per heavy atom. The quantitative estimate of drug-likeness (QED) is 0.748. The van der Waals surface area contributed by atoms with Crippen LogP contribution in [0.15, 0.2) is 43.5 Å². The summed E-state index contributed by atoms with van der Waals surface area (Å²) in [6.07, 6.45) is 6.97. The molecule has 1 saturated carbocycles. The predicted octanol–water partition coefficient (Wildman–Crippen LogP) is 3.23. The van der Waals surface area contributed by atoms with E-state index in [-0.39, 0.29) is 11.2 Å². The third-order valence-electron chi connectivity index (χ3n) is 5.95. The summed E-state index contributed by atoms with van der Waals surface area (Å²) < 4.78 is 0. The second kappa shape index (κ2) is 5.81. The molecule has 0 aliphatic heterocycles. The van der Waals surface area contributed by atoms with E-state index in [1.807, 2.05) is 18.2 Å². The molecule has 0 radical (unpaired) electrons. The zero-order valence-electron chi connectivity index (χ0n) is 13.5. The summed E-state index contributed by atoms with van der Waals surface area (Å²) in [5.74, 6) is 0.585. The van der Waals surface area contributed by atoms with Gasteiger partial charge >= 0.3 is 0 Å². The van der Waals surface area contributed by atoms with E-state index in [4.69, 9.17) is 0 Å². The van der Waals surface area contributed by atoms with Crippen LogP contribution in [0.25, 0.3) is 0 Å². The molecule has 1 aromatic rings. The zero-order valence-corrected chi connectivity index (χ0v) is 13.5. The molecule has 0 bridgehead atoms. The van der Waals surface area contributed by atoms with Crippen molar-refractivity contribution >= 4 is 0 Å². The minimum Gasteiger partial charge on any atom is -0.508 e. The van der Waals surface area contributed by atoms with E-state index in [9.17, 15) is 15.3 Å². The molecule has 1 aromatic carbocycles. The fourth-order valence-corrected chi connectivity index (χ4v) is 4.86. The van der Waals surface area contributed by atoms with Crippen LogP contribution < -0.4 is 0 Å². The molecule has 3 nitrogen and oxygen atoms in total. The standard InChI is InChI=1S/C20H26O3/c1-3-9-19-13-18(22)20(23,10-4-2)12-15(19)6-5-14-11-16(21)7-8-17(14)19/h3-4,7-8,11,15,18,21-23H,1-2,5-6,9-10,12-13H2/t15-,18+,19-,20+/m1/s1. The van der Waals surface area contributed by atoms with Gasteiger partial charge in [0.25, 0.3) is 0 Å².